The van der Waals surface area contributed by atoms with Crippen molar-refractivity contribution in [2.45, 2.75) is 12.6 Å². The largest absolute Gasteiger partial charge is 0.496 e. The molecule has 0 bridgehead atoms. The number of rotatable bonds is 4. The maximum Gasteiger partial charge on any atom is 0.167 e. The molecule has 2 aromatic rings. The van der Waals surface area contributed by atoms with Gasteiger partial charge in [0.05, 0.1) is 7.11 Å². The van der Waals surface area contributed by atoms with E-state index in [-0.39, 0.29) is 11.6 Å². The molecule has 0 aliphatic carbocycles. The van der Waals surface area contributed by atoms with Gasteiger partial charge in [0.25, 0.3) is 0 Å². The lowest BCUT2D eigenvalue weighted by Crippen LogP contribution is -2.46. The van der Waals surface area contributed by atoms with E-state index in [2.05, 4.69) is 29.0 Å². The van der Waals surface area contributed by atoms with Crippen LogP contribution in [0.15, 0.2) is 42.5 Å². The lowest BCUT2D eigenvalue weighted by molar-refractivity contribution is 0.0889. The third-order valence-corrected chi connectivity index (χ3v) is 4.67. The van der Waals surface area contributed by atoms with E-state index >= 15 is 0 Å². The van der Waals surface area contributed by atoms with Crippen LogP contribution in [0.25, 0.3) is 0 Å². The summed E-state index contributed by atoms with van der Waals surface area (Å²) in [6, 6.07) is 13.1. The smallest absolute Gasteiger partial charge is 0.167 e. The van der Waals surface area contributed by atoms with Crippen LogP contribution in [0.5, 0.6) is 5.75 Å². The van der Waals surface area contributed by atoms with Crippen LogP contribution in [0.1, 0.15) is 17.2 Å². The average molecular weight is 332 g/mol. The van der Waals surface area contributed by atoms with E-state index in [1.807, 2.05) is 18.2 Å². The molecule has 0 aromatic heterocycles. The SMILES string of the molecule is COc1ccc(F)c(F)c1CN1CCN(C)[C@H](c2ccccc2)C1. The Morgan fingerprint density at radius 1 is 1.08 bits per heavy atom. The van der Waals surface area contributed by atoms with Crippen molar-refractivity contribution in [3.8, 4) is 5.75 Å². The number of likely N-dealkylation sites (N-methyl/N-ethyl adjacent to an activating group) is 1. The summed E-state index contributed by atoms with van der Waals surface area (Å²) in [7, 11) is 3.57. The van der Waals surface area contributed by atoms with E-state index < -0.39 is 11.6 Å². The van der Waals surface area contributed by atoms with Gasteiger partial charge in [-0.1, -0.05) is 30.3 Å². The summed E-state index contributed by atoms with van der Waals surface area (Å²) in [6.07, 6.45) is 0. The Balaban J connectivity index is 1.80. The minimum atomic E-state index is -0.834. The van der Waals surface area contributed by atoms with Gasteiger partial charge in [0, 0.05) is 37.8 Å². The second-order valence-corrected chi connectivity index (χ2v) is 6.18. The number of benzene rings is 2. The van der Waals surface area contributed by atoms with Gasteiger partial charge in [0.2, 0.25) is 0 Å². The molecule has 0 saturated carbocycles. The van der Waals surface area contributed by atoms with Gasteiger partial charge < -0.3 is 4.74 Å². The average Bonchev–Trinajstić information content (AvgIpc) is 2.61. The van der Waals surface area contributed by atoms with Crippen molar-refractivity contribution in [2.24, 2.45) is 0 Å². The van der Waals surface area contributed by atoms with Crippen molar-refractivity contribution in [3.63, 3.8) is 0 Å². The van der Waals surface area contributed by atoms with Gasteiger partial charge in [0.1, 0.15) is 5.75 Å². The first kappa shape index (κ1) is 16.9. The molecule has 2 aromatic carbocycles. The van der Waals surface area contributed by atoms with Crippen LogP contribution in [0, 0.1) is 11.6 Å². The maximum absolute atomic E-state index is 14.2. The van der Waals surface area contributed by atoms with Crippen LogP contribution in [-0.2, 0) is 6.54 Å². The molecule has 0 N–H and O–H groups in total. The molecule has 24 heavy (non-hydrogen) atoms. The van der Waals surface area contributed by atoms with Crippen LogP contribution >= 0.6 is 0 Å². The first-order valence-corrected chi connectivity index (χ1v) is 8.08. The number of ether oxygens (including phenoxy) is 1. The molecule has 0 unspecified atom stereocenters. The second kappa shape index (κ2) is 7.28. The van der Waals surface area contributed by atoms with E-state index in [1.165, 1.54) is 18.7 Å². The summed E-state index contributed by atoms with van der Waals surface area (Å²) in [5.74, 6) is -1.26. The quantitative estimate of drug-likeness (QED) is 0.853. The Hall–Kier alpha value is -1.98. The third-order valence-electron chi connectivity index (χ3n) is 4.67. The fourth-order valence-electron chi connectivity index (χ4n) is 3.25. The number of methoxy groups -OCH3 is 1. The van der Waals surface area contributed by atoms with E-state index in [9.17, 15) is 8.78 Å². The van der Waals surface area contributed by atoms with Gasteiger partial charge in [-0.3, -0.25) is 9.80 Å². The van der Waals surface area contributed by atoms with E-state index in [0.717, 1.165) is 25.7 Å². The molecule has 0 radical (unpaired) electrons. The van der Waals surface area contributed by atoms with Crippen molar-refractivity contribution in [2.75, 3.05) is 33.8 Å². The Morgan fingerprint density at radius 3 is 2.54 bits per heavy atom. The molecule has 5 heteroatoms. The summed E-state index contributed by atoms with van der Waals surface area (Å²) in [5.41, 5.74) is 1.52. The van der Waals surface area contributed by atoms with Gasteiger partial charge in [0.15, 0.2) is 11.6 Å². The third kappa shape index (κ3) is 3.42. The Labute approximate surface area is 141 Å². The Kier molecular flexibility index (Phi) is 5.11. The molecule has 1 heterocycles. The van der Waals surface area contributed by atoms with Gasteiger partial charge in [-0.2, -0.15) is 0 Å². The minimum Gasteiger partial charge on any atom is -0.496 e. The first-order chi connectivity index (χ1) is 11.6. The zero-order valence-electron chi connectivity index (χ0n) is 14.0. The van der Waals surface area contributed by atoms with Gasteiger partial charge in [-0.15, -0.1) is 0 Å². The van der Waals surface area contributed by atoms with Crippen LogP contribution in [0.2, 0.25) is 0 Å². The molecule has 0 spiro atoms. The number of hydrogen-bond acceptors (Lipinski definition) is 3. The van der Waals surface area contributed by atoms with Crippen molar-refractivity contribution < 1.29 is 13.5 Å². The highest BCUT2D eigenvalue weighted by atomic mass is 19.2. The molecule has 0 amide bonds. The van der Waals surface area contributed by atoms with Crippen LogP contribution in [-0.4, -0.2) is 43.6 Å². The molecule has 1 atom stereocenters. The number of nitrogens with zero attached hydrogens (tertiary/aromatic N) is 2. The summed E-state index contributed by atoms with van der Waals surface area (Å²) in [5, 5.41) is 0. The van der Waals surface area contributed by atoms with E-state index in [1.54, 1.807) is 0 Å². The maximum atomic E-state index is 14.2. The first-order valence-electron chi connectivity index (χ1n) is 8.08. The summed E-state index contributed by atoms with van der Waals surface area (Å²) in [6.45, 7) is 2.78. The molecule has 1 aliphatic rings. The topological polar surface area (TPSA) is 15.7 Å². The van der Waals surface area contributed by atoms with Crippen molar-refractivity contribution in [1.29, 1.82) is 0 Å². The predicted molar refractivity (Wildman–Crippen MR) is 90.0 cm³/mol. The van der Waals surface area contributed by atoms with Crippen LogP contribution in [0.4, 0.5) is 8.78 Å². The molecule has 1 saturated heterocycles. The Morgan fingerprint density at radius 2 is 1.83 bits per heavy atom. The second-order valence-electron chi connectivity index (χ2n) is 6.18. The zero-order chi connectivity index (χ0) is 17.1. The summed E-state index contributed by atoms with van der Waals surface area (Å²) in [4.78, 5) is 4.45. The molecule has 3 rings (SSSR count). The van der Waals surface area contributed by atoms with Gasteiger partial charge in [-0.05, 0) is 24.7 Å². The Bertz CT molecular complexity index is 693. The van der Waals surface area contributed by atoms with E-state index in [4.69, 9.17) is 4.74 Å². The number of hydrogen-bond donors (Lipinski definition) is 0. The molecular weight excluding hydrogens is 310 g/mol. The highest BCUT2D eigenvalue weighted by Crippen LogP contribution is 2.29. The van der Waals surface area contributed by atoms with Crippen molar-refractivity contribution in [1.82, 2.24) is 9.80 Å². The molecule has 3 nitrogen and oxygen atoms in total. The number of halogens is 2. The van der Waals surface area contributed by atoms with Gasteiger partial charge >= 0.3 is 0 Å². The predicted octanol–water partition coefficient (Wildman–Crippen LogP) is 3.46. The molecule has 128 valence electrons. The zero-order valence-corrected chi connectivity index (χ0v) is 14.0. The standard InChI is InChI=1S/C19H22F2N2O/c1-22-10-11-23(13-17(22)14-6-4-3-5-7-14)12-15-18(24-2)9-8-16(20)19(15)21/h3-9,17H,10-13H2,1-2H3/t17-/m0/s1. The molecule has 1 fully saturated rings. The lowest BCUT2D eigenvalue weighted by atomic mass is 10.0. The fraction of sp³-hybridized carbons (Fsp3) is 0.368. The van der Waals surface area contributed by atoms with Crippen molar-refractivity contribution in [3.05, 3.63) is 65.2 Å². The van der Waals surface area contributed by atoms with Gasteiger partial charge in [-0.25, -0.2) is 8.78 Å². The summed E-state index contributed by atoms with van der Waals surface area (Å²) < 4.78 is 33.0. The lowest BCUT2D eigenvalue weighted by Gasteiger charge is -2.40. The van der Waals surface area contributed by atoms with Crippen LogP contribution in [0.3, 0.4) is 0 Å². The van der Waals surface area contributed by atoms with E-state index in [0.29, 0.717) is 12.3 Å². The number of piperazine rings is 1. The molecular formula is C19H22F2N2O. The van der Waals surface area contributed by atoms with Crippen molar-refractivity contribution >= 4 is 0 Å². The fourth-order valence-corrected chi connectivity index (χ4v) is 3.25. The summed E-state index contributed by atoms with van der Waals surface area (Å²) >= 11 is 0. The molecule has 1 aliphatic heterocycles. The highest BCUT2D eigenvalue weighted by molar-refractivity contribution is 5.35. The normalized spacial score (nSPS) is 19.4. The highest BCUT2D eigenvalue weighted by Gasteiger charge is 2.27. The minimum absolute atomic E-state index is 0.238. The van der Waals surface area contributed by atoms with Crippen LogP contribution < -0.4 is 4.74 Å². The monoisotopic (exact) mass is 332 g/mol.